The van der Waals surface area contributed by atoms with Crippen LogP contribution in [0.2, 0.25) is 0 Å². The monoisotopic (exact) mass is 304 g/mol. The van der Waals surface area contributed by atoms with Crippen LogP contribution in [0.5, 0.6) is 5.75 Å². The molecule has 0 aliphatic heterocycles. The normalized spacial score (nSPS) is 11.6. The van der Waals surface area contributed by atoms with E-state index in [1.807, 2.05) is 18.7 Å². The minimum absolute atomic E-state index is 0.125. The molecule has 112 valence electrons. The largest absolute Gasteiger partial charge is 0.495 e. The molecule has 8 nitrogen and oxygen atoms in total. The molecule has 0 heterocycles. The molecule has 0 radical (unpaired) electrons. The third-order valence-corrected chi connectivity index (χ3v) is 3.49. The predicted octanol–water partition coefficient (Wildman–Crippen LogP) is 1.47. The molecule has 0 saturated heterocycles. The van der Waals surface area contributed by atoms with E-state index in [0.29, 0.717) is 0 Å². The number of sulfonamides is 1. The first-order chi connectivity index (χ1) is 9.27. The molecular formula is C11H16N2O6S. The Morgan fingerprint density at radius 1 is 1.40 bits per heavy atom. The van der Waals surface area contributed by atoms with Crippen LogP contribution in [0.25, 0.3) is 0 Å². The van der Waals surface area contributed by atoms with E-state index in [1.165, 1.54) is 7.11 Å². The highest BCUT2D eigenvalue weighted by Crippen LogP contribution is 2.28. The molecule has 20 heavy (non-hydrogen) atoms. The highest BCUT2D eigenvalue weighted by atomic mass is 32.2. The molecule has 0 saturated carbocycles. The summed E-state index contributed by atoms with van der Waals surface area (Å²) in [6.45, 7) is 3.93. The molecule has 0 fully saturated rings. The molecule has 0 aromatic heterocycles. The number of nitrogens with zero attached hydrogens (tertiary/aromatic N) is 1. The summed E-state index contributed by atoms with van der Waals surface area (Å²) in [6, 6.07) is 3.22. The van der Waals surface area contributed by atoms with Gasteiger partial charge in [-0.2, -0.15) is 0 Å². The minimum Gasteiger partial charge on any atom is -0.495 e. The van der Waals surface area contributed by atoms with Crippen molar-refractivity contribution in [3.8, 4) is 5.75 Å². The van der Waals surface area contributed by atoms with Gasteiger partial charge in [-0.25, -0.2) is 8.42 Å². The van der Waals surface area contributed by atoms with Gasteiger partial charge in [0.2, 0.25) is 0 Å². The second kappa shape index (κ2) is 6.64. The Morgan fingerprint density at radius 2 is 2.05 bits per heavy atom. The number of non-ortho nitro benzene ring substituents is 1. The summed E-state index contributed by atoms with van der Waals surface area (Å²) < 4.78 is 28.8. The lowest BCUT2D eigenvalue weighted by atomic mass is 10.2. The fraction of sp³-hybridized carbons (Fsp3) is 0.455. The Kier molecular flexibility index (Phi) is 5.43. The van der Waals surface area contributed by atoms with Crippen LogP contribution in [-0.2, 0) is 14.9 Å². The van der Waals surface area contributed by atoms with Crippen LogP contribution in [0.4, 0.5) is 5.69 Å². The van der Waals surface area contributed by atoms with Gasteiger partial charge in [0, 0.05) is 6.07 Å². The summed E-state index contributed by atoms with van der Waals surface area (Å²) in [5, 5.41) is 10.6. The zero-order chi connectivity index (χ0) is 15.3. The van der Waals surface area contributed by atoms with E-state index in [-0.39, 0.29) is 28.9 Å². The first-order valence-corrected chi connectivity index (χ1v) is 7.22. The molecule has 0 aliphatic rings. The SMILES string of the molecule is COc1cc([N+](=O)[O-])ccc1S(=O)(=O)NOCC(C)C. The number of rotatable bonds is 7. The summed E-state index contributed by atoms with van der Waals surface area (Å²) >= 11 is 0. The molecule has 9 heteroatoms. The molecule has 0 amide bonds. The van der Waals surface area contributed by atoms with Crippen LogP contribution in [0.1, 0.15) is 13.8 Å². The molecule has 0 atom stereocenters. The van der Waals surface area contributed by atoms with Crippen LogP contribution in [0, 0.1) is 16.0 Å². The predicted molar refractivity (Wildman–Crippen MR) is 70.8 cm³/mol. The maximum Gasteiger partial charge on any atom is 0.273 e. The smallest absolute Gasteiger partial charge is 0.273 e. The fourth-order valence-corrected chi connectivity index (χ4v) is 2.28. The molecule has 0 unspecified atom stereocenters. The number of methoxy groups -OCH3 is 1. The molecule has 1 aromatic carbocycles. The lowest BCUT2D eigenvalue weighted by Crippen LogP contribution is -2.26. The number of benzene rings is 1. The second-order valence-electron chi connectivity index (χ2n) is 4.38. The van der Waals surface area contributed by atoms with Crippen molar-refractivity contribution in [2.45, 2.75) is 18.7 Å². The summed E-state index contributed by atoms with van der Waals surface area (Å²) in [4.78, 5) is 16.6. The Balaban J connectivity index is 3.02. The van der Waals surface area contributed by atoms with Crippen molar-refractivity contribution in [2.75, 3.05) is 13.7 Å². The van der Waals surface area contributed by atoms with E-state index in [9.17, 15) is 18.5 Å². The Bertz CT molecular complexity index is 585. The molecule has 0 aliphatic carbocycles. The van der Waals surface area contributed by atoms with E-state index >= 15 is 0 Å². The highest BCUT2D eigenvalue weighted by Gasteiger charge is 2.22. The van der Waals surface area contributed by atoms with Gasteiger partial charge in [0.1, 0.15) is 10.6 Å². The third-order valence-electron chi connectivity index (χ3n) is 2.23. The van der Waals surface area contributed by atoms with Crippen LogP contribution < -0.4 is 9.62 Å². The second-order valence-corrected chi connectivity index (χ2v) is 6.00. The summed E-state index contributed by atoms with van der Waals surface area (Å²) in [5.74, 6) is 0.0244. The van der Waals surface area contributed by atoms with Gasteiger partial charge in [0.25, 0.3) is 15.7 Å². The average molecular weight is 304 g/mol. The van der Waals surface area contributed by atoms with E-state index in [1.54, 1.807) is 0 Å². The van der Waals surface area contributed by atoms with Crippen molar-refractivity contribution >= 4 is 15.7 Å². The lowest BCUT2D eigenvalue weighted by molar-refractivity contribution is -0.385. The van der Waals surface area contributed by atoms with Crippen molar-refractivity contribution in [2.24, 2.45) is 5.92 Å². The standard InChI is InChI=1S/C11H16N2O6S/c1-8(2)7-19-12-20(16,17)11-5-4-9(13(14)15)6-10(11)18-3/h4-6,8,12H,7H2,1-3H3. The van der Waals surface area contributed by atoms with Gasteiger partial charge in [0.05, 0.1) is 24.7 Å². The van der Waals surface area contributed by atoms with Gasteiger partial charge >= 0.3 is 0 Å². The van der Waals surface area contributed by atoms with Gasteiger partial charge in [-0.1, -0.05) is 18.7 Å². The number of nitro benzene ring substituents is 1. The van der Waals surface area contributed by atoms with Crippen molar-refractivity contribution in [3.63, 3.8) is 0 Å². The molecule has 1 aromatic rings. The van der Waals surface area contributed by atoms with Crippen molar-refractivity contribution in [3.05, 3.63) is 28.3 Å². The van der Waals surface area contributed by atoms with E-state index in [4.69, 9.17) is 9.57 Å². The number of hydrogen-bond donors (Lipinski definition) is 1. The fourth-order valence-electron chi connectivity index (χ4n) is 1.31. The molecule has 1 rings (SSSR count). The summed E-state index contributed by atoms with van der Waals surface area (Å²) in [5.41, 5.74) is -0.260. The topological polar surface area (TPSA) is 108 Å². The zero-order valence-corrected chi connectivity index (χ0v) is 12.1. The zero-order valence-electron chi connectivity index (χ0n) is 11.3. The Hall–Kier alpha value is -1.71. The summed E-state index contributed by atoms with van der Waals surface area (Å²) in [7, 11) is -2.73. The minimum atomic E-state index is -3.96. The van der Waals surface area contributed by atoms with Crippen LogP contribution in [0.3, 0.4) is 0 Å². The average Bonchev–Trinajstić information content (AvgIpc) is 2.37. The number of nitrogens with one attached hydrogen (secondary N) is 1. The maximum absolute atomic E-state index is 12.0. The lowest BCUT2D eigenvalue weighted by Gasteiger charge is -2.11. The number of ether oxygens (including phenoxy) is 1. The van der Waals surface area contributed by atoms with Crippen molar-refractivity contribution in [1.82, 2.24) is 4.89 Å². The van der Waals surface area contributed by atoms with Gasteiger partial charge < -0.3 is 4.74 Å². The number of hydrogen-bond acceptors (Lipinski definition) is 6. The van der Waals surface area contributed by atoms with Crippen molar-refractivity contribution in [1.29, 1.82) is 0 Å². The molecule has 0 bridgehead atoms. The van der Waals surface area contributed by atoms with E-state index in [0.717, 1.165) is 18.2 Å². The van der Waals surface area contributed by atoms with Crippen LogP contribution in [-0.4, -0.2) is 27.1 Å². The molecule has 0 spiro atoms. The first kappa shape index (κ1) is 16.3. The quantitative estimate of drug-likeness (QED) is 0.603. The van der Waals surface area contributed by atoms with Gasteiger partial charge in [-0.05, 0) is 12.0 Å². The molecule has 1 N–H and O–H groups in total. The Morgan fingerprint density at radius 3 is 2.55 bits per heavy atom. The number of nitro groups is 1. The Labute approximate surface area is 116 Å². The third kappa shape index (κ3) is 4.15. The maximum atomic E-state index is 12.0. The van der Waals surface area contributed by atoms with Crippen LogP contribution in [0.15, 0.2) is 23.1 Å². The van der Waals surface area contributed by atoms with Crippen molar-refractivity contribution < 1.29 is 22.9 Å². The molecular weight excluding hydrogens is 288 g/mol. The van der Waals surface area contributed by atoms with Gasteiger partial charge in [0.15, 0.2) is 0 Å². The highest BCUT2D eigenvalue weighted by molar-refractivity contribution is 7.89. The first-order valence-electron chi connectivity index (χ1n) is 5.74. The van der Waals surface area contributed by atoms with Gasteiger partial charge in [-0.15, -0.1) is 0 Å². The van der Waals surface area contributed by atoms with E-state index in [2.05, 4.69) is 0 Å². The summed E-state index contributed by atoms with van der Waals surface area (Å²) in [6.07, 6.45) is 0. The van der Waals surface area contributed by atoms with E-state index < -0.39 is 14.9 Å². The van der Waals surface area contributed by atoms with Crippen LogP contribution >= 0.6 is 0 Å². The van der Waals surface area contributed by atoms with Gasteiger partial charge in [-0.3, -0.25) is 15.0 Å².